The van der Waals surface area contributed by atoms with E-state index in [4.69, 9.17) is 38.7 Å². The molecule has 0 amide bonds. The SMILES string of the molecule is C=C[n+]1c(/C=C/C(=C/C=C2\N(C#CN)c3cc(Cl)c(COOC)cc3N2CCCS(=O)(=O)[O-])CC)n(C)c2cc(Cl)ccc21. The quantitative estimate of drug-likeness (QED) is 0.0532. The molecule has 1 aliphatic heterocycles. The fourth-order valence-corrected chi connectivity index (χ4v) is 5.85. The van der Waals surface area contributed by atoms with E-state index in [1.54, 1.807) is 17.2 Å². The molecule has 0 saturated carbocycles. The summed E-state index contributed by atoms with van der Waals surface area (Å²) in [4.78, 5) is 13.4. The minimum atomic E-state index is -4.40. The van der Waals surface area contributed by atoms with Gasteiger partial charge in [0.1, 0.15) is 12.4 Å². The number of fused-ring (bicyclic) bond motifs is 2. The number of aromatic nitrogens is 2. The van der Waals surface area contributed by atoms with Crippen molar-refractivity contribution in [3.8, 4) is 12.1 Å². The van der Waals surface area contributed by atoms with Crippen LogP contribution in [-0.2, 0) is 33.5 Å². The Morgan fingerprint density at radius 3 is 2.66 bits per heavy atom. The van der Waals surface area contributed by atoms with Crippen LogP contribution in [0.15, 0.2) is 66.5 Å². The molecule has 0 unspecified atom stereocenters. The maximum Gasteiger partial charge on any atom is 0.286 e. The molecule has 0 radical (unpaired) electrons. The Labute approximate surface area is 267 Å². The molecule has 0 bridgehead atoms. The van der Waals surface area contributed by atoms with Crippen molar-refractivity contribution in [2.45, 2.75) is 26.4 Å². The Hall–Kier alpha value is -3.76. The average molecular weight is 659 g/mol. The average Bonchev–Trinajstić information content (AvgIpc) is 3.40. The number of halogens is 2. The fraction of sp³-hybridized carbons (Fsp3) is 0.258. The molecule has 1 aliphatic rings. The summed E-state index contributed by atoms with van der Waals surface area (Å²) in [5, 5.41) is 1.07. The van der Waals surface area contributed by atoms with E-state index in [9.17, 15) is 13.0 Å². The van der Waals surface area contributed by atoms with Gasteiger partial charge in [0.25, 0.3) is 5.82 Å². The van der Waals surface area contributed by atoms with E-state index in [1.807, 2.05) is 76.6 Å². The van der Waals surface area contributed by atoms with Crippen molar-refractivity contribution in [3.63, 3.8) is 0 Å². The molecule has 0 aliphatic carbocycles. The number of hydrogen-bond acceptors (Lipinski definition) is 8. The van der Waals surface area contributed by atoms with Crippen LogP contribution in [0.2, 0.25) is 10.0 Å². The molecule has 1 aromatic heterocycles. The molecule has 10 nitrogen and oxygen atoms in total. The van der Waals surface area contributed by atoms with Crippen molar-refractivity contribution in [3.05, 3.63) is 88.0 Å². The molecule has 4 rings (SSSR count). The number of rotatable bonds is 12. The minimum absolute atomic E-state index is 0.0861. The Morgan fingerprint density at radius 1 is 1.23 bits per heavy atom. The predicted octanol–water partition coefficient (Wildman–Crippen LogP) is 5.28. The Balaban J connectivity index is 1.77. The number of aryl methyl sites for hydroxylation is 1. The van der Waals surface area contributed by atoms with Gasteiger partial charge in [0.15, 0.2) is 11.0 Å². The first-order valence-electron chi connectivity index (χ1n) is 13.6. The van der Waals surface area contributed by atoms with Crippen LogP contribution in [0, 0.1) is 12.1 Å². The van der Waals surface area contributed by atoms with Crippen molar-refractivity contribution < 1.29 is 27.3 Å². The molecule has 2 aromatic carbocycles. The first-order chi connectivity index (χ1) is 21.0. The number of anilines is 2. The van der Waals surface area contributed by atoms with Crippen LogP contribution in [-0.4, -0.2) is 36.9 Å². The second-order valence-electron chi connectivity index (χ2n) is 9.78. The molecule has 0 atom stereocenters. The van der Waals surface area contributed by atoms with Gasteiger partial charge in [-0.2, -0.15) is 4.57 Å². The third-order valence-electron chi connectivity index (χ3n) is 7.10. The van der Waals surface area contributed by atoms with E-state index in [2.05, 4.69) is 18.7 Å². The maximum absolute atomic E-state index is 11.4. The van der Waals surface area contributed by atoms with E-state index >= 15 is 0 Å². The number of nitrogens with zero attached hydrogens (tertiary/aromatic N) is 4. The van der Waals surface area contributed by atoms with E-state index in [0.29, 0.717) is 39.2 Å². The van der Waals surface area contributed by atoms with E-state index in [1.165, 1.54) is 7.11 Å². The topological polar surface area (TPSA) is 117 Å². The number of nitrogens with two attached hydrogens (primary N) is 1. The highest BCUT2D eigenvalue weighted by molar-refractivity contribution is 7.85. The predicted molar refractivity (Wildman–Crippen MR) is 174 cm³/mol. The molecular weight excluding hydrogens is 625 g/mol. The zero-order valence-corrected chi connectivity index (χ0v) is 26.9. The van der Waals surface area contributed by atoms with Gasteiger partial charge < -0.3 is 15.2 Å². The third kappa shape index (κ3) is 7.30. The van der Waals surface area contributed by atoms with Crippen LogP contribution in [0.25, 0.3) is 23.3 Å². The molecule has 0 spiro atoms. The molecule has 13 heteroatoms. The van der Waals surface area contributed by atoms with Gasteiger partial charge in [0.05, 0.1) is 41.9 Å². The van der Waals surface area contributed by atoms with Crippen molar-refractivity contribution in [1.82, 2.24) is 4.57 Å². The van der Waals surface area contributed by atoms with Crippen molar-refractivity contribution in [2.75, 3.05) is 29.2 Å². The fourth-order valence-electron chi connectivity index (χ4n) is 4.99. The Kier molecular flexibility index (Phi) is 10.8. The first-order valence-corrected chi connectivity index (χ1v) is 16.0. The highest BCUT2D eigenvalue weighted by atomic mass is 35.5. The van der Waals surface area contributed by atoms with Gasteiger partial charge in [0, 0.05) is 52.1 Å². The zero-order chi connectivity index (χ0) is 32.0. The van der Waals surface area contributed by atoms with Crippen molar-refractivity contribution in [2.24, 2.45) is 12.8 Å². The second kappa shape index (κ2) is 14.3. The summed E-state index contributed by atoms with van der Waals surface area (Å²) in [6, 6.07) is 14.6. The van der Waals surface area contributed by atoms with Gasteiger partial charge in [-0.05, 0) is 48.8 Å². The molecule has 232 valence electrons. The van der Waals surface area contributed by atoms with Gasteiger partial charge in [-0.15, -0.1) is 0 Å². The Bertz CT molecular complexity index is 1840. The van der Waals surface area contributed by atoms with E-state index in [-0.39, 0.29) is 19.6 Å². The second-order valence-corrected chi connectivity index (χ2v) is 12.1. The van der Waals surface area contributed by atoms with Crippen LogP contribution in [0.5, 0.6) is 0 Å². The summed E-state index contributed by atoms with van der Waals surface area (Å²) >= 11 is 12.8. The molecule has 3 aromatic rings. The summed E-state index contributed by atoms with van der Waals surface area (Å²) < 4.78 is 38.2. The van der Waals surface area contributed by atoms with Crippen LogP contribution in [0.1, 0.15) is 31.2 Å². The lowest BCUT2D eigenvalue weighted by Gasteiger charge is -2.22. The molecule has 2 heterocycles. The summed E-state index contributed by atoms with van der Waals surface area (Å²) in [5.74, 6) is 0.996. The van der Waals surface area contributed by atoms with Crippen LogP contribution in [0.3, 0.4) is 0 Å². The lowest BCUT2D eigenvalue weighted by Crippen LogP contribution is -2.28. The number of hydrogen-bond donors (Lipinski definition) is 1. The molecule has 2 N–H and O–H groups in total. The highest BCUT2D eigenvalue weighted by Crippen LogP contribution is 2.44. The van der Waals surface area contributed by atoms with E-state index in [0.717, 1.165) is 22.4 Å². The van der Waals surface area contributed by atoms with Gasteiger partial charge in [-0.25, -0.2) is 22.8 Å². The Morgan fingerprint density at radius 2 is 2.00 bits per heavy atom. The molecular formula is C31H33Cl2N5O5S. The number of imidazole rings is 1. The van der Waals surface area contributed by atoms with Crippen LogP contribution in [0.4, 0.5) is 11.4 Å². The summed E-state index contributed by atoms with van der Waals surface area (Å²) in [6.45, 7) is 6.32. The zero-order valence-electron chi connectivity index (χ0n) is 24.6. The lowest BCUT2D eigenvalue weighted by molar-refractivity contribution is -0.541. The summed E-state index contributed by atoms with van der Waals surface area (Å²) in [5.41, 5.74) is 10.6. The van der Waals surface area contributed by atoms with Gasteiger partial charge in [-0.3, -0.25) is 4.90 Å². The third-order valence-corrected chi connectivity index (χ3v) is 8.47. The maximum atomic E-state index is 11.4. The van der Waals surface area contributed by atoms with Crippen LogP contribution < -0.4 is 20.1 Å². The van der Waals surface area contributed by atoms with E-state index < -0.39 is 15.9 Å². The first kappa shape index (κ1) is 33.1. The van der Waals surface area contributed by atoms with Crippen molar-refractivity contribution >= 4 is 68.0 Å². The summed E-state index contributed by atoms with van der Waals surface area (Å²) in [6.07, 6.45) is 10.4. The standard InChI is InChI=1S/C31H33Cl2N5O5S/c1-5-22(8-12-30-35(3)27-19-24(32)10-11-26(27)36(30)6-2)9-13-31-37(15-7-17-44(39,40)41)28-18-23(21-43-42-4)25(33)20-29(28)38(31)16-14-34/h6,8-13,18-20H,2,5,7,15,17,21,34H2,1,3-4H3. The number of allylic oxidation sites excluding steroid dienone is 4. The minimum Gasteiger partial charge on any atom is -0.748 e. The molecule has 44 heavy (non-hydrogen) atoms. The van der Waals surface area contributed by atoms with Gasteiger partial charge >= 0.3 is 0 Å². The smallest absolute Gasteiger partial charge is 0.286 e. The van der Waals surface area contributed by atoms with Crippen molar-refractivity contribution in [1.29, 1.82) is 0 Å². The normalized spacial score (nSPS) is 14.5. The van der Waals surface area contributed by atoms with Gasteiger partial charge in [-0.1, -0.05) is 48.9 Å². The highest BCUT2D eigenvalue weighted by Gasteiger charge is 2.32. The summed E-state index contributed by atoms with van der Waals surface area (Å²) in [7, 11) is -1.04. The largest absolute Gasteiger partial charge is 0.748 e. The number of benzene rings is 2. The molecule has 0 fully saturated rings. The van der Waals surface area contributed by atoms with Crippen LogP contribution >= 0.6 is 23.2 Å². The molecule has 0 saturated heterocycles. The lowest BCUT2D eigenvalue weighted by atomic mass is 10.1. The van der Waals surface area contributed by atoms with Gasteiger partial charge in [0.2, 0.25) is 0 Å². The monoisotopic (exact) mass is 657 g/mol.